The number of carbonyl (C=O) groups is 1. The molecule has 0 aliphatic rings. The summed E-state index contributed by atoms with van der Waals surface area (Å²) in [7, 11) is 3.92. The zero-order valence-corrected chi connectivity index (χ0v) is 14.1. The number of hydrogen-bond donors (Lipinski definition) is 2. The number of aromatic nitrogens is 2. The molecule has 0 spiro atoms. The molecule has 1 amide bonds. The molecule has 2 rings (SSSR count). The van der Waals surface area contributed by atoms with Gasteiger partial charge in [-0.15, -0.1) is 0 Å². The van der Waals surface area contributed by atoms with E-state index in [9.17, 15) is 4.79 Å². The van der Waals surface area contributed by atoms with Crippen LogP contribution in [0.1, 0.15) is 21.6 Å². The minimum absolute atomic E-state index is 0.211. The molecule has 122 valence electrons. The Hall–Kier alpha value is -2.47. The van der Waals surface area contributed by atoms with E-state index in [0.29, 0.717) is 18.1 Å². The van der Waals surface area contributed by atoms with Crippen molar-refractivity contribution in [2.24, 2.45) is 0 Å². The molecule has 6 nitrogen and oxygen atoms in total. The average molecular weight is 313 g/mol. The molecule has 1 aromatic carbocycles. The van der Waals surface area contributed by atoms with Gasteiger partial charge in [-0.3, -0.25) is 4.79 Å². The number of rotatable bonds is 6. The highest BCUT2D eigenvalue weighted by Gasteiger charge is 2.07. The molecule has 1 aromatic heterocycles. The average Bonchev–Trinajstić information content (AvgIpc) is 2.46. The summed E-state index contributed by atoms with van der Waals surface area (Å²) in [5, 5.41) is 6.01. The first-order valence-electron chi connectivity index (χ1n) is 7.54. The molecular weight excluding hydrogens is 290 g/mol. The van der Waals surface area contributed by atoms with Crippen LogP contribution in [0.25, 0.3) is 0 Å². The standard InChI is InChI=1S/C17H23N5O/c1-12-7-13(2)9-14(8-12)21-16-11-19-15(10-20-16)17(23)18-5-6-22(3)4/h7-11H,5-6H2,1-4H3,(H,18,23)(H,20,21). The SMILES string of the molecule is Cc1cc(C)cc(Nc2cnc(C(=O)NCCN(C)C)cn2)c1. The molecule has 0 saturated carbocycles. The van der Waals surface area contributed by atoms with Crippen LogP contribution in [-0.4, -0.2) is 48.0 Å². The molecule has 2 aromatic rings. The molecule has 23 heavy (non-hydrogen) atoms. The Balaban J connectivity index is 1.97. The highest BCUT2D eigenvalue weighted by atomic mass is 16.1. The summed E-state index contributed by atoms with van der Waals surface area (Å²) in [5.41, 5.74) is 3.63. The van der Waals surface area contributed by atoms with Crippen LogP contribution in [-0.2, 0) is 0 Å². The minimum atomic E-state index is -0.211. The highest BCUT2D eigenvalue weighted by molar-refractivity contribution is 5.92. The number of likely N-dealkylation sites (N-methyl/N-ethyl adjacent to an activating group) is 1. The first-order valence-corrected chi connectivity index (χ1v) is 7.54. The first kappa shape index (κ1) is 16.9. The van der Waals surface area contributed by atoms with Crippen molar-refractivity contribution in [1.29, 1.82) is 0 Å². The predicted molar refractivity (Wildman–Crippen MR) is 92.1 cm³/mol. The Morgan fingerprint density at radius 1 is 1.09 bits per heavy atom. The van der Waals surface area contributed by atoms with E-state index in [1.165, 1.54) is 17.3 Å². The van der Waals surface area contributed by atoms with Crippen LogP contribution < -0.4 is 10.6 Å². The lowest BCUT2D eigenvalue weighted by atomic mass is 10.1. The third-order valence-electron chi connectivity index (χ3n) is 3.22. The normalized spacial score (nSPS) is 10.7. The fourth-order valence-electron chi connectivity index (χ4n) is 2.19. The van der Waals surface area contributed by atoms with Gasteiger partial charge >= 0.3 is 0 Å². The molecule has 6 heteroatoms. The first-order chi connectivity index (χ1) is 10.9. The van der Waals surface area contributed by atoms with Crippen LogP contribution in [0.15, 0.2) is 30.6 Å². The van der Waals surface area contributed by atoms with Crippen LogP contribution in [0.5, 0.6) is 0 Å². The fourth-order valence-corrected chi connectivity index (χ4v) is 2.19. The van der Waals surface area contributed by atoms with Gasteiger partial charge in [-0.1, -0.05) is 6.07 Å². The molecule has 0 atom stereocenters. The minimum Gasteiger partial charge on any atom is -0.349 e. The molecule has 0 fully saturated rings. The quantitative estimate of drug-likeness (QED) is 0.855. The van der Waals surface area contributed by atoms with Gasteiger partial charge in [0.2, 0.25) is 0 Å². The zero-order valence-electron chi connectivity index (χ0n) is 14.1. The van der Waals surface area contributed by atoms with E-state index < -0.39 is 0 Å². The van der Waals surface area contributed by atoms with E-state index >= 15 is 0 Å². The largest absolute Gasteiger partial charge is 0.349 e. The van der Waals surface area contributed by atoms with Crippen molar-refractivity contribution >= 4 is 17.4 Å². The fraction of sp³-hybridized carbons (Fsp3) is 0.353. The third kappa shape index (κ3) is 5.34. The monoisotopic (exact) mass is 313 g/mol. The molecule has 0 unspecified atom stereocenters. The lowest BCUT2D eigenvalue weighted by Gasteiger charge is -2.10. The molecule has 0 radical (unpaired) electrons. The van der Waals surface area contributed by atoms with Crippen molar-refractivity contribution in [3.05, 3.63) is 47.4 Å². The van der Waals surface area contributed by atoms with Gasteiger partial charge in [0.05, 0.1) is 12.4 Å². The van der Waals surface area contributed by atoms with E-state index in [0.717, 1.165) is 12.2 Å². The van der Waals surface area contributed by atoms with Gasteiger partial charge in [-0.05, 0) is 51.2 Å². The number of hydrogen-bond acceptors (Lipinski definition) is 5. The Kier molecular flexibility index (Phi) is 5.65. The second-order valence-corrected chi connectivity index (χ2v) is 5.85. The summed E-state index contributed by atoms with van der Waals surface area (Å²) < 4.78 is 0. The Morgan fingerprint density at radius 3 is 2.35 bits per heavy atom. The molecule has 0 saturated heterocycles. The van der Waals surface area contributed by atoms with Gasteiger partial charge in [0.1, 0.15) is 11.5 Å². The molecule has 2 N–H and O–H groups in total. The number of aryl methyl sites for hydroxylation is 2. The van der Waals surface area contributed by atoms with Crippen LogP contribution in [0.3, 0.4) is 0 Å². The van der Waals surface area contributed by atoms with Crippen molar-refractivity contribution in [3.8, 4) is 0 Å². The van der Waals surface area contributed by atoms with Gasteiger partial charge in [0, 0.05) is 18.8 Å². The van der Waals surface area contributed by atoms with Crippen LogP contribution >= 0.6 is 0 Å². The molecule has 0 aliphatic carbocycles. The number of anilines is 2. The number of nitrogens with one attached hydrogen (secondary N) is 2. The van der Waals surface area contributed by atoms with Crippen LogP contribution in [0.4, 0.5) is 11.5 Å². The highest BCUT2D eigenvalue weighted by Crippen LogP contribution is 2.17. The van der Waals surface area contributed by atoms with Gasteiger partial charge in [-0.2, -0.15) is 0 Å². The zero-order chi connectivity index (χ0) is 16.8. The van der Waals surface area contributed by atoms with Gasteiger partial charge < -0.3 is 15.5 Å². The van der Waals surface area contributed by atoms with Crippen molar-refractivity contribution < 1.29 is 4.79 Å². The maximum Gasteiger partial charge on any atom is 0.271 e. The Morgan fingerprint density at radius 2 is 1.78 bits per heavy atom. The summed E-state index contributed by atoms with van der Waals surface area (Å²) in [4.78, 5) is 22.4. The summed E-state index contributed by atoms with van der Waals surface area (Å²) in [5.74, 6) is 0.400. The predicted octanol–water partition coefficient (Wildman–Crippen LogP) is 2.13. The number of nitrogens with zero attached hydrogens (tertiary/aromatic N) is 3. The smallest absolute Gasteiger partial charge is 0.271 e. The van der Waals surface area contributed by atoms with Crippen molar-refractivity contribution in [2.45, 2.75) is 13.8 Å². The maximum absolute atomic E-state index is 11.9. The number of benzene rings is 1. The number of amides is 1. The Labute approximate surface area is 137 Å². The topological polar surface area (TPSA) is 70.2 Å². The van der Waals surface area contributed by atoms with E-state index in [1.54, 1.807) is 6.20 Å². The summed E-state index contributed by atoms with van der Waals surface area (Å²) in [6.07, 6.45) is 3.05. The van der Waals surface area contributed by atoms with E-state index in [2.05, 4.69) is 26.7 Å². The second kappa shape index (κ2) is 7.69. The molecule has 0 aliphatic heterocycles. The van der Waals surface area contributed by atoms with E-state index in [1.807, 2.05) is 45.0 Å². The van der Waals surface area contributed by atoms with Gasteiger partial charge in [0.25, 0.3) is 5.91 Å². The molecule has 1 heterocycles. The molecule has 0 bridgehead atoms. The Bertz CT molecular complexity index is 647. The van der Waals surface area contributed by atoms with Crippen LogP contribution in [0.2, 0.25) is 0 Å². The lowest BCUT2D eigenvalue weighted by Crippen LogP contribution is -2.31. The lowest BCUT2D eigenvalue weighted by molar-refractivity contribution is 0.0945. The summed E-state index contributed by atoms with van der Waals surface area (Å²) in [6.45, 7) is 5.46. The van der Waals surface area contributed by atoms with Crippen LogP contribution in [0, 0.1) is 13.8 Å². The van der Waals surface area contributed by atoms with Crippen molar-refractivity contribution in [2.75, 3.05) is 32.5 Å². The van der Waals surface area contributed by atoms with E-state index in [-0.39, 0.29) is 5.91 Å². The number of carbonyl (C=O) groups excluding carboxylic acids is 1. The van der Waals surface area contributed by atoms with Gasteiger partial charge in [-0.25, -0.2) is 9.97 Å². The van der Waals surface area contributed by atoms with Crippen molar-refractivity contribution in [1.82, 2.24) is 20.2 Å². The summed E-state index contributed by atoms with van der Waals surface area (Å²) >= 11 is 0. The maximum atomic E-state index is 11.9. The van der Waals surface area contributed by atoms with Crippen molar-refractivity contribution in [3.63, 3.8) is 0 Å². The van der Waals surface area contributed by atoms with E-state index in [4.69, 9.17) is 0 Å². The third-order valence-corrected chi connectivity index (χ3v) is 3.22. The molecular formula is C17H23N5O. The summed E-state index contributed by atoms with van der Waals surface area (Å²) in [6, 6.07) is 6.19. The van der Waals surface area contributed by atoms with Gasteiger partial charge in [0.15, 0.2) is 0 Å². The second-order valence-electron chi connectivity index (χ2n) is 5.85.